The zero-order valence-corrected chi connectivity index (χ0v) is 33.9. The molecule has 5 heteroatoms. The highest BCUT2D eigenvalue weighted by Gasteiger charge is 2.28. The zero-order valence-electron chi connectivity index (χ0n) is 33.9. The molecule has 1 aliphatic rings. The van der Waals surface area contributed by atoms with Gasteiger partial charge in [-0.25, -0.2) is 0 Å². The van der Waals surface area contributed by atoms with Crippen LogP contribution in [0.25, 0.3) is 105 Å². The molecule has 12 aromatic rings. The first-order valence-corrected chi connectivity index (χ1v) is 21.3. The van der Waals surface area contributed by atoms with E-state index in [1.165, 1.54) is 0 Å². The normalized spacial score (nSPS) is 14.2. The number of furan rings is 3. The maximum absolute atomic E-state index is 6.87. The third-order valence-electron chi connectivity index (χ3n) is 12.5. The lowest BCUT2D eigenvalue weighted by atomic mass is 9.84. The van der Waals surface area contributed by atoms with Gasteiger partial charge >= 0.3 is 0 Å². The number of nitrogens with zero attached hydrogens (tertiary/aromatic N) is 1. The Kier molecular flexibility index (Phi) is 7.90. The van der Waals surface area contributed by atoms with E-state index in [0.29, 0.717) is 0 Å². The quantitative estimate of drug-likeness (QED) is 0.182. The number of para-hydroxylation sites is 6. The monoisotopic (exact) mass is 808 g/mol. The highest BCUT2D eigenvalue weighted by atomic mass is 16.3. The minimum atomic E-state index is -0.366. The fourth-order valence-corrected chi connectivity index (χ4v) is 9.64. The van der Waals surface area contributed by atoms with Crippen LogP contribution in [-0.2, 0) is 0 Å². The largest absolute Gasteiger partial charge is 0.455 e. The third kappa shape index (κ3) is 5.67. The number of aliphatic imine (C=N–C) groups is 1. The minimum absolute atomic E-state index is 0.366. The summed E-state index contributed by atoms with van der Waals surface area (Å²) in [4.78, 5) is 5.65. The Labute approximate surface area is 361 Å². The standard InChI is InChI=1S/C58H36N2O3/c1-3-16-35(17-4-1)49-34-50(60-58(59-49)36-18-5-2-6-19-36)54-47(45-27-14-25-43-40-21-8-11-30-52(40)62-56(43)45)32-37(38-23-13-24-42-39-20-7-10-29-51(39)61-55(38)42)33-48(54)46-28-15-26-44-41-22-9-12-31-53(41)63-57(44)46/h1-34,58-59H. The molecule has 0 amide bonds. The molecule has 5 nitrogen and oxygen atoms in total. The highest BCUT2D eigenvalue weighted by Crippen LogP contribution is 2.47. The summed E-state index contributed by atoms with van der Waals surface area (Å²) in [6, 6.07) is 69.8. The van der Waals surface area contributed by atoms with Gasteiger partial charge in [-0.1, -0.05) is 170 Å². The van der Waals surface area contributed by atoms with Gasteiger partial charge in [-0.3, -0.25) is 4.99 Å². The van der Waals surface area contributed by atoms with Crippen molar-refractivity contribution in [2.24, 2.45) is 4.99 Å². The molecule has 1 atom stereocenters. The molecule has 0 fully saturated rings. The van der Waals surface area contributed by atoms with Gasteiger partial charge < -0.3 is 18.6 Å². The van der Waals surface area contributed by atoms with Crippen LogP contribution < -0.4 is 5.32 Å². The maximum atomic E-state index is 6.87. The number of allylic oxidation sites excluding steroid dienone is 1. The van der Waals surface area contributed by atoms with Gasteiger partial charge in [0.05, 0.1) is 5.71 Å². The third-order valence-corrected chi connectivity index (χ3v) is 12.5. The van der Waals surface area contributed by atoms with Gasteiger partial charge in [0.2, 0.25) is 0 Å². The molecule has 1 unspecified atom stereocenters. The number of hydrogen-bond donors (Lipinski definition) is 1. The maximum Gasteiger partial charge on any atom is 0.145 e. The summed E-state index contributed by atoms with van der Waals surface area (Å²) in [6.45, 7) is 0. The SMILES string of the molecule is C1=C(c2ccccc2)NC(c2ccccc2)N=C1c1c(-c2cccc3c2oc2ccccc23)cc(-c2cccc3c2oc2ccccc23)cc1-c1cccc2c1oc1ccccc12. The first-order chi connectivity index (χ1) is 31.2. The Bertz CT molecular complexity index is 3700. The van der Waals surface area contributed by atoms with Crippen molar-refractivity contribution in [3.8, 4) is 33.4 Å². The number of hydrogen-bond acceptors (Lipinski definition) is 5. The molecule has 0 bridgehead atoms. The Balaban J connectivity index is 1.19. The van der Waals surface area contributed by atoms with Gasteiger partial charge in [-0.05, 0) is 64.2 Å². The van der Waals surface area contributed by atoms with E-state index >= 15 is 0 Å². The molecule has 9 aromatic carbocycles. The van der Waals surface area contributed by atoms with Gasteiger partial charge in [0.15, 0.2) is 0 Å². The first kappa shape index (κ1) is 35.4. The summed E-state index contributed by atoms with van der Waals surface area (Å²) >= 11 is 0. The van der Waals surface area contributed by atoms with Crippen molar-refractivity contribution < 1.29 is 13.3 Å². The minimum Gasteiger partial charge on any atom is -0.455 e. The Morgan fingerprint density at radius 3 is 1.32 bits per heavy atom. The van der Waals surface area contributed by atoms with Crippen molar-refractivity contribution in [1.82, 2.24) is 5.32 Å². The lowest BCUT2D eigenvalue weighted by molar-refractivity contribution is 0.664. The summed E-state index contributed by atoms with van der Waals surface area (Å²) < 4.78 is 20.5. The van der Waals surface area contributed by atoms with Crippen LogP contribution in [0.5, 0.6) is 0 Å². The Morgan fingerprint density at radius 2 is 0.794 bits per heavy atom. The molecule has 0 radical (unpaired) electrons. The van der Waals surface area contributed by atoms with E-state index in [2.05, 4.69) is 169 Å². The summed E-state index contributed by atoms with van der Waals surface area (Å²) in [6.07, 6.45) is 1.84. The van der Waals surface area contributed by atoms with Crippen LogP contribution in [0.3, 0.4) is 0 Å². The van der Waals surface area contributed by atoms with Crippen molar-refractivity contribution in [2.45, 2.75) is 6.17 Å². The first-order valence-electron chi connectivity index (χ1n) is 21.3. The van der Waals surface area contributed by atoms with Crippen molar-refractivity contribution in [3.05, 3.63) is 223 Å². The molecule has 4 heterocycles. The van der Waals surface area contributed by atoms with Crippen LogP contribution in [-0.4, -0.2) is 5.71 Å². The van der Waals surface area contributed by atoms with E-state index in [1.54, 1.807) is 0 Å². The molecule has 0 saturated heterocycles. The van der Waals surface area contributed by atoms with Gasteiger partial charge in [-0.2, -0.15) is 0 Å². The van der Waals surface area contributed by atoms with Crippen LogP contribution in [0.15, 0.2) is 225 Å². The molecular formula is C58H36N2O3. The molecule has 0 saturated carbocycles. The summed E-state index contributed by atoms with van der Waals surface area (Å²) in [5.41, 5.74) is 15.8. The molecule has 0 spiro atoms. The average Bonchev–Trinajstić information content (AvgIpc) is 4.06. The van der Waals surface area contributed by atoms with E-state index in [0.717, 1.165) is 127 Å². The van der Waals surface area contributed by atoms with Gasteiger partial charge in [0.1, 0.15) is 39.7 Å². The van der Waals surface area contributed by atoms with Crippen molar-refractivity contribution in [1.29, 1.82) is 0 Å². The van der Waals surface area contributed by atoms with Crippen LogP contribution in [0.2, 0.25) is 0 Å². The predicted octanol–water partition coefficient (Wildman–Crippen LogP) is 15.5. The van der Waals surface area contributed by atoms with E-state index in [1.807, 2.05) is 42.5 Å². The number of fused-ring (bicyclic) bond motifs is 9. The predicted molar refractivity (Wildman–Crippen MR) is 258 cm³/mol. The van der Waals surface area contributed by atoms with E-state index < -0.39 is 0 Å². The number of nitrogens with one attached hydrogen (secondary N) is 1. The van der Waals surface area contributed by atoms with Gasteiger partial charge in [0, 0.05) is 60.3 Å². The van der Waals surface area contributed by atoms with Crippen LogP contribution in [0.1, 0.15) is 22.9 Å². The van der Waals surface area contributed by atoms with Crippen LogP contribution >= 0.6 is 0 Å². The Morgan fingerprint density at radius 1 is 0.365 bits per heavy atom. The lowest BCUT2D eigenvalue weighted by Crippen LogP contribution is -2.25. The fraction of sp³-hybridized carbons (Fsp3) is 0.0172. The number of benzene rings is 9. The lowest BCUT2D eigenvalue weighted by Gasteiger charge is -2.27. The highest BCUT2D eigenvalue weighted by molar-refractivity contribution is 6.24. The van der Waals surface area contributed by atoms with Crippen LogP contribution in [0.4, 0.5) is 0 Å². The second kappa shape index (κ2) is 14.1. The second-order valence-corrected chi connectivity index (χ2v) is 16.2. The fourth-order valence-electron chi connectivity index (χ4n) is 9.64. The van der Waals surface area contributed by atoms with Gasteiger partial charge in [0.25, 0.3) is 0 Å². The molecule has 0 aliphatic carbocycles. The van der Waals surface area contributed by atoms with E-state index in [4.69, 9.17) is 18.2 Å². The summed E-state index contributed by atoms with van der Waals surface area (Å²) in [5.74, 6) is 0. The molecular weight excluding hydrogens is 773 g/mol. The average molecular weight is 809 g/mol. The summed E-state index contributed by atoms with van der Waals surface area (Å²) in [7, 11) is 0. The van der Waals surface area contributed by atoms with Crippen LogP contribution in [0, 0.1) is 0 Å². The van der Waals surface area contributed by atoms with Gasteiger partial charge in [-0.15, -0.1) is 0 Å². The number of rotatable bonds is 6. The summed E-state index contributed by atoms with van der Waals surface area (Å²) in [5, 5.41) is 10.2. The molecule has 3 aromatic heterocycles. The molecule has 1 aliphatic heterocycles. The van der Waals surface area contributed by atoms with Crippen molar-refractivity contribution in [3.63, 3.8) is 0 Å². The zero-order chi connectivity index (χ0) is 41.4. The molecule has 63 heavy (non-hydrogen) atoms. The van der Waals surface area contributed by atoms with Crippen molar-refractivity contribution in [2.75, 3.05) is 0 Å². The molecule has 1 N–H and O–H groups in total. The smallest absolute Gasteiger partial charge is 0.145 e. The second-order valence-electron chi connectivity index (χ2n) is 16.2. The molecule has 13 rings (SSSR count). The van der Waals surface area contributed by atoms with E-state index in [9.17, 15) is 0 Å². The van der Waals surface area contributed by atoms with E-state index in [-0.39, 0.29) is 6.17 Å². The topological polar surface area (TPSA) is 63.8 Å². The molecule has 296 valence electrons. The Hall–Kier alpha value is -8.41. The van der Waals surface area contributed by atoms with Crippen molar-refractivity contribution >= 4 is 77.2 Å².